The smallest absolute Gasteiger partial charge is 0.408 e. The molecule has 2 aromatic carbocycles. The van der Waals surface area contributed by atoms with Gasteiger partial charge in [0.05, 0.1) is 5.56 Å². The van der Waals surface area contributed by atoms with Crippen molar-refractivity contribution in [1.29, 1.82) is 0 Å². The van der Waals surface area contributed by atoms with Crippen molar-refractivity contribution in [3.8, 4) is 16.9 Å². The number of carbonyl (C=O) groups is 3. The van der Waals surface area contributed by atoms with Gasteiger partial charge in [0.15, 0.2) is 0 Å². The number of phenols is 1. The van der Waals surface area contributed by atoms with E-state index in [9.17, 15) is 24.6 Å². The van der Waals surface area contributed by atoms with Gasteiger partial charge in [0.2, 0.25) is 5.91 Å². The Labute approximate surface area is 187 Å². The normalized spacial score (nSPS) is 12.0. The van der Waals surface area contributed by atoms with Crippen LogP contribution in [-0.2, 0) is 9.53 Å². The largest absolute Gasteiger partial charge is 0.508 e. The van der Waals surface area contributed by atoms with E-state index in [0.29, 0.717) is 23.2 Å². The number of carbonyl (C=O) groups excluding carboxylic acids is 2. The first-order valence-electron chi connectivity index (χ1n) is 10.5. The number of amides is 2. The molecular weight excluding hydrogens is 412 g/mol. The second-order valence-corrected chi connectivity index (χ2v) is 8.45. The maximum Gasteiger partial charge on any atom is 0.408 e. The molecule has 0 radical (unpaired) electrons. The summed E-state index contributed by atoms with van der Waals surface area (Å²) in [5.41, 5.74) is 0.539. The van der Waals surface area contributed by atoms with E-state index in [0.717, 1.165) is 12.8 Å². The van der Waals surface area contributed by atoms with Crippen molar-refractivity contribution in [3.05, 3.63) is 48.0 Å². The molecule has 1 atom stereocenters. The van der Waals surface area contributed by atoms with Gasteiger partial charge in [-0.3, -0.25) is 4.79 Å². The first-order chi connectivity index (χ1) is 15.0. The van der Waals surface area contributed by atoms with Crippen molar-refractivity contribution >= 4 is 23.7 Å². The van der Waals surface area contributed by atoms with Gasteiger partial charge in [0.25, 0.3) is 0 Å². The lowest BCUT2D eigenvalue weighted by molar-refractivity contribution is -0.118. The van der Waals surface area contributed by atoms with Crippen LogP contribution in [0.1, 0.15) is 57.3 Å². The zero-order valence-corrected chi connectivity index (χ0v) is 18.8. The number of hydrogen-bond donors (Lipinski definition) is 4. The number of nitrogens with one attached hydrogen (secondary N) is 2. The number of alkyl carbamates (subject to hydrolysis) is 1. The number of unbranched alkanes of at least 4 members (excludes halogenated alkanes) is 1. The highest BCUT2D eigenvalue weighted by Gasteiger charge is 2.24. The Bertz CT molecular complexity index is 981. The van der Waals surface area contributed by atoms with Gasteiger partial charge >= 0.3 is 12.1 Å². The highest BCUT2D eigenvalue weighted by atomic mass is 16.6. The summed E-state index contributed by atoms with van der Waals surface area (Å²) < 4.78 is 5.26. The van der Waals surface area contributed by atoms with Crippen LogP contribution < -0.4 is 10.6 Å². The molecule has 2 rings (SSSR count). The lowest BCUT2D eigenvalue weighted by Gasteiger charge is -2.23. The van der Waals surface area contributed by atoms with E-state index in [-0.39, 0.29) is 11.3 Å². The minimum absolute atomic E-state index is 0.00512. The van der Waals surface area contributed by atoms with Crippen molar-refractivity contribution in [3.63, 3.8) is 0 Å². The van der Waals surface area contributed by atoms with Crippen LogP contribution in [0, 0.1) is 0 Å². The van der Waals surface area contributed by atoms with Gasteiger partial charge in [-0.05, 0) is 68.7 Å². The summed E-state index contributed by atoms with van der Waals surface area (Å²) in [6.07, 6.45) is 1.30. The number of aromatic carboxylic acids is 1. The minimum atomic E-state index is -1.13. The van der Waals surface area contributed by atoms with E-state index < -0.39 is 29.6 Å². The van der Waals surface area contributed by atoms with Crippen LogP contribution in [0.5, 0.6) is 5.75 Å². The number of carboxylic acids is 1. The average molecular weight is 443 g/mol. The Kier molecular flexibility index (Phi) is 8.23. The van der Waals surface area contributed by atoms with Crippen LogP contribution in [0.3, 0.4) is 0 Å². The van der Waals surface area contributed by atoms with E-state index in [2.05, 4.69) is 10.6 Å². The third-order valence-electron chi connectivity index (χ3n) is 4.53. The Morgan fingerprint density at radius 3 is 2.41 bits per heavy atom. The maximum absolute atomic E-state index is 12.9. The number of benzene rings is 2. The molecule has 0 heterocycles. The third-order valence-corrected chi connectivity index (χ3v) is 4.53. The molecule has 8 heteroatoms. The zero-order chi connectivity index (χ0) is 23.9. The van der Waals surface area contributed by atoms with Crippen LogP contribution in [-0.4, -0.2) is 39.8 Å². The molecule has 0 bridgehead atoms. The van der Waals surface area contributed by atoms with Crippen LogP contribution in [0.15, 0.2) is 42.5 Å². The summed E-state index contributed by atoms with van der Waals surface area (Å²) in [6.45, 7) is 7.19. The molecule has 32 heavy (non-hydrogen) atoms. The average Bonchev–Trinajstić information content (AvgIpc) is 2.69. The predicted molar refractivity (Wildman–Crippen MR) is 122 cm³/mol. The molecule has 0 aliphatic carbocycles. The highest BCUT2D eigenvalue weighted by molar-refractivity contribution is 6.00. The van der Waals surface area contributed by atoms with Gasteiger partial charge in [-0.1, -0.05) is 31.9 Å². The number of carboxylic acid groups (broad SMARTS) is 1. The molecule has 0 fully saturated rings. The number of ether oxygens (including phenoxy) is 1. The molecule has 0 aliphatic rings. The quantitative estimate of drug-likeness (QED) is 0.466. The fourth-order valence-electron chi connectivity index (χ4n) is 3.08. The summed E-state index contributed by atoms with van der Waals surface area (Å²) in [4.78, 5) is 36.7. The van der Waals surface area contributed by atoms with Crippen LogP contribution in [0.4, 0.5) is 10.5 Å². The predicted octanol–water partition coefficient (Wildman–Crippen LogP) is 4.78. The summed E-state index contributed by atoms with van der Waals surface area (Å²) in [7, 11) is 0. The molecule has 8 nitrogen and oxygen atoms in total. The molecule has 0 saturated carbocycles. The second-order valence-electron chi connectivity index (χ2n) is 8.45. The summed E-state index contributed by atoms with van der Waals surface area (Å²) in [5.74, 6) is -1.57. The highest BCUT2D eigenvalue weighted by Crippen LogP contribution is 2.29. The van der Waals surface area contributed by atoms with Gasteiger partial charge < -0.3 is 25.6 Å². The number of hydrogen-bond acceptors (Lipinski definition) is 5. The van der Waals surface area contributed by atoms with Crippen molar-refractivity contribution < 1.29 is 29.3 Å². The molecule has 0 spiro atoms. The topological polar surface area (TPSA) is 125 Å². The van der Waals surface area contributed by atoms with Gasteiger partial charge in [0, 0.05) is 5.69 Å². The first-order valence-corrected chi connectivity index (χ1v) is 10.5. The fourth-order valence-corrected chi connectivity index (χ4v) is 3.08. The molecule has 0 aliphatic heterocycles. The van der Waals surface area contributed by atoms with E-state index in [4.69, 9.17) is 4.74 Å². The first kappa shape index (κ1) is 24.7. The monoisotopic (exact) mass is 442 g/mol. The molecule has 0 unspecified atom stereocenters. The fraction of sp³-hybridized carbons (Fsp3) is 0.375. The summed E-state index contributed by atoms with van der Waals surface area (Å²) in [6, 6.07) is 9.79. The molecular formula is C24H30N2O6. The van der Waals surface area contributed by atoms with E-state index in [1.807, 2.05) is 6.92 Å². The van der Waals surface area contributed by atoms with Gasteiger partial charge in [-0.2, -0.15) is 0 Å². The third kappa shape index (κ3) is 7.30. The van der Waals surface area contributed by atoms with Gasteiger partial charge in [0.1, 0.15) is 17.4 Å². The van der Waals surface area contributed by atoms with Crippen molar-refractivity contribution in [2.45, 2.75) is 58.6 Å². The van der Waals surface area contributed by atoms with E-state index >= 15 is 0 Å². The zero-order valence-electron chi connectivity index (χ0n) is 18.8. The Hall–Kier alpha value is -3.55. The van der Waals surface area contributed by atoms with E-state index in [1.165, 1.54) is 30.3 Å². The van der Waals surface area contributed by atoms with Crippen molar-refractivity contribution in [2.24, 2.45) is 0 Å². The SMILES string of the molecule is CCCC[C@H](NC(=O)OC(C)(C)C)C(=O)Nc1ccc(C(=O)O)c(-c2cccc(O)c2)c1. The molecule has 172 valence electrons. The van der Waals surface area contributed by atoms with Crippen LogP contribution in [0.25, 0.3) is 11.1 Å². The molecule has 0 aromatic heterocycles. The minimum Gasteiger partial charge on any atom is -0.508 e. The summed E-state index contributed by atoms with van der Waals surface area (Å²) in [5, 5.41) is 24.7. The number of anilines is 1. The van der Waals surface area contributed by atoms with Crippen LogP contribution >= 0.6 is 0 Å². The van der Waals surface area contributed by atoms with Crippen molar-refractivity contribution in [2.75, 3.05) is 5.32 Å². The number of phenolic OH excluding ortho intramolecular Hbond substituents is 1. The molecule has 4 N–H and O–H groups in total. The van der Waals surface area contributed by atoms with Gasteiger partial charge in [-0.25, -0.2) is 9.59 Å². The lowest BCUT2D eigenvalue weighted by atomic mass is 9.98. The number of aromatic hydroxyl groups is 1. The second kappa shape index (κ2) is 10.7. The maximum atomic E-state index is 12.9. The number of rotatable bonds is 8. The van der Waals surface area contributed by atoms with Crippen LogP contribution in [0.2, 0.25) is 0 Å². The summed E-state index contributed by atoms with van der Waals surface area (Å²) >= 11 is 0. The van der Waals surface area contributed by atoms with Crippen molar-refractivity contribution in [1.82, 2.24) is 5.32 Å². The molecule has 0 saturated heterocycles. The van der Waals surface area contributed by atoms with Gasteiger partial charge in [-0.15, -0.1) is 0 Å². The van der Waals surface area contributed by atoms with E-state index in [1.54, 1.807) is 32.9 Å². The molecule has 2 aromatic rings. The Balaban J connectivity index is 2.28. The lowest BCUT2D eigenvalue weighted by Crippen LogP contribution is -2.45. The molecule has 2 amide bonds. The standard InChI is InChI=1S/C24H30N2O6/c1-5-6-10-20(26-23(31)32-24(2,3)4)21(28)25-16-11-12-18(22(29)30)19(14-16)15-8-7-9-17(27)13-15/h7-9,11-14,20,27H,5-6,10H2,1-4H3,(H,25,28)(H,26,31)(H,29,30)/t20-/m0/s1. The Morgan fingerprint density at radius 2 is 1.81 bits per heavy atom. The Morgan fingerprint density at radius 1 is 1.09 bits per heavy atom.